The zero-order chi connectivity index (χ0) is 13.2. The molecule has 0 fully saturated rings. The van der Waals surface area contributed by atoms with Crippen LogP contribution in [0.4, 0.5) is 5.69 Å². The van der Waals surface area contributed by atoms with Crippen molar-refractivity contribution in [3.63, 3.8) is 0 Å². The molecule has 2 aromatic rings. The van der Waals surface area contributed by atoms with Gasteiger partial charge in [0, 0.05) is 19.3 Å². The highest BCUT2D eigenvalue weighted by molar-refractivity contribution is 7.71. The standard InChI is InChI=1S/C13H15N5S/c1-17-6-2-3-11-7-10(4-5-12(11)17)8-15-18-9-14-16-13(18)19/h4-5,7-9H,2-3,6H2,1H3,(H,16,19)/b15-8-. The molecular weight excluding hydrogens is 258 g/mol. The second-order valence-electron chi connectivity index (χ2n) is 4.66. The van der Waals surface area contributed by atoms with Crippen molar-refractivity contribution in [2.45, 2.75) is 12.8 Å². The molecule has 0 unspecified atom stereocenters. The summed E-state index contributed by atoms with van der Waals surface area (Å²) >= 11 is 5.04. The van der Waals surface area contributed by atoms with Gasteiger partial charge in [-0.2, -0.15) is 14.9 Å². The summed E-state index contributed by atoms with van der Waals surface area (Å²) in [7, 11) is 2.14. The number of aromatic nitrogens is 3. The summed E-state index contributed by atoms with van der Waals surface area (Å²) < 4.78 is 2.04. The fourth-order valence-electron chi connectivity index (χ4n) is 2.34. The largest absolute Gasteiger partial charge is 0.374 e. The molecule has 1 aliphatic rings. The van der Waals surface area contributed by atoms with Gasteiger partial charge in [-0.3, -0.25) is 5.10 Å². The Bertz CT molecular complexity index is 670. The predicted molar refractivity (Wildman–Crippen MR) is 78.4 cm³/mol. The van der Waals surface area contributed by atoms with E-state index in [0.29, 0.717) is 4.77 Å². The number of anilines is 1. The number of nitrogens with zero attached hydrogens (tertiary/aromatic N) is 4. The molecule has 0 radical (unpaired) electrons. The third-order valence-electron chi connectivity index (χ3n) is 3.32. The average molecular weight is 273 g/mol. The van der Waals surface area contributed by atoms with Crippen molar-refractivity contribution in [2.75, 3.05) is 18.5 Å². The minimum Gasteiger partial charge on any atom is -0.374 e. The Morgan fingerprint density at radius 2 is 2.37 bits per heavy atom. The molecule has 1 aromatic carbocycles. The fraction of sp³-hybridized carbons (Fsp3) is 0.308. The third kappa shape index (κ3) is 2.44. The van der Waals surface area contributed by atoms with Gasteiger partial charge < -0.3 is 4.90 Å². The zero-order valence-corrected chi connectivity index (χ0v) is 11.5. The lowest BCUT2D eigenvalue weighted by atomic mass is 10.00. The summed E-state index contributed by atoms with van der Waals surface area (Å²) in [6, 6.07) is 6.43. The van der Waals surface area contributed by atoms with E-state index in [2.05, 4.69) is 45.4 Å². The maximum absolute atomic E-state index is 5.04. The molecule has 0 atom stereocenters. The van der Waals surface area contributed by atoms with Crippen LogP contribution < -0.4 is 4.90 Å². The van der Waals surface area contributed by atoms with Crippen LogP contribution >= 0.6 is 12.2 Å². The van der Waals surface area contributed by atoms with E-state index in [0.717, 1.165) is 18.5 Å². The third-order valence-corrected chi connectivity index (χ3v) is 3.60. The summed E-state index contributed by atoms with van der Waals surface area (Å²) in [6.45, 7) is 1.13. The molecule has 0 spiro atoms. The minimum absolute atomic E-state index is 0.494. The van der Waals surface area contributed by atoms with E-state index in [1.807, 2.05) is 0 Å². The SMILES string of the molecule is CN1CCCc2cc(/C=N\n3cn[nH]c3=S)ccc21. The molecule has 1 aliphatic heterocycles. The molecule has 98 valence electrons. The molecule has 1 aromatic heterocycles. The first-order valence-electron chi connectivity index (χ1n) is 6.24. The van der Waals surface area contributed by atoms with Gasteiger partial charge in [0.05, 0.1) is 6.21 Å². The van der Waals surface area contributed by atoms with Crippen LogP contribution in [0.5, 0.6) is 0 Å². The average Bonchev–Trinajstić information content (AvgIpc) is 2.82. The Kier molecular flexibility index (Phi) is 3.16. The van der Waals surface area contributed by atoms with Crippen LogP contribution in [0, 0.1) is 4.77 Å². The fourth-order valence-corrected chi connectivity index (χ4v) is 2.49. The molecule has 0 saturated carbocycles. The van der Waals surface area contributed by atoms with E-state index in [-0.39, 0.29) is 0 Å². The molecule has 19 heavy (non-hydrogen) atoms. The molecule has 1 N–H and O–H groups in total. The highest BCUT2D eigenvalue weighted by Crippen LogP contribution is 2.26. The van der Waals surface area contributed by atoms with Crippen molar-refractivity contribution in [2.24, 2.45) is 5.10 Å². The lowest BCUT2D eigenvalue weighted by molar-refractivity contribution is 0.744. The first-order valence-corrected chi connectivity index (χ1v) is 6.65. The molecule has 0 saturated heterocycles. The van der Waals surface area contributed by atoms with Gasteiger partial charge in [0.25, 0.3) is 0 Å². The maximum Gasteiger partial charge on any atom is 0.216 e. The first kappa shape index (κ1) is 12.1. The second-order valence-corrected chi connectivity index (χ2v) is 5.05. The number of hydrogen-bond acceptors (Lipinski definition) is 4. The van der Waals surface area contributed by atoms with Crippen LogP contribution in [-0.4, -0.2) is 34.7 Å². The lowest BCUT2D eigenvalue weighted by Crippen LogP contribution is -2.24. The number of rotatable bonds is 2. The lowest BCUT2D eigenvalue weighted by Gasteiger charge is -2.27. The molecule has 0 aliphatic carbocycles. The number of nitrogens with one attached hydrogen (secondary N) is 1. The molecule has 6 heteroatoms. The zero-order valence-electron chi connectivity index (χ0n) is 10.7. The minimum atomic E-state index is 0.494. The van der Waals surface area contributed by atoms with Crippen LogP contribution in [0.3, 0.4) is 0 Å². The number of benzene rings is 1. The van der Waals surface area contributed by atoms with E-state index in [9.17, 15) is 0 Å². The number of aryl methyl sites for hydroxylation is 1. The Hall–Kier alpha value is -1.95. The smallest absolute Gasteiger partial charge is 0.216 e. The molecule has 5 nitrogen and oxygen atoms in total. The summed E-state index contributed by atoms with van der Waals surface area (Å²) in [5.41, 5.74) is 3.79. The van der Waals surface area contributed by atoms with Gasteiger partial charge in [-0.25, -0.2) is 0 Å². The van der Waals surface area contributed by atoms with Crippen LogP contribution in [-0.2, 0) is 6.42 Å². The highest BCUT2D eigenvalue weighted by atomic mass is 32.1. The van der Waals surface area contributed by atoms with Gasteiger partial charge in [-0.05, 0) is 48.3 Å². The highest BCUT2D eigenvalue weighted by Gasteiger charge is 2.12. The monoisotopic (exact) mass is 273 g/mol. The van der Waals surface area contributed by atoms with Gasteiger partial charge in [0.1, 0.15) is 6.33 Å². The summed E-state index contributed by atoms with van der Waals surface area (Å²) in [5.74, 6) is 0. The normalized spacial score (nSPS) is 14.9. The van der Waals surface area contributed by atoms with Gasteiger partial charge >= 0.3 is 0 Å². The number of H-pyrrole nitrogens is 1. The number of aromatic amines is 1. The molecule has 2 heterocycles. The van der Waals surface area contributed by atoms with E-state index in [1.165, 1.54) is 17.7 Å². The van der Waals surface area contributed by atoms with Crippen molar-refractivity contribution in [1.29, 1.82) is 0 Å². The Labute approximate surface area is 116 Å². The van der Waals surface area contributed by atoms with Crippen molar-refractivity contribution in [3.05, 3.63) is 40.4 Å². The van der Waals surface area contributed by atoms with Gasteiger partial charge in [-0.15, -0.1) is 0 Å². The summed E-state index contributed by atoms with van der Waals surface area (Å²) in [4.78, 5) is 2.30. The van der Waals surface area contributed by atoms with Gasteiger partial charge in [-0.1, -0.05) is 6.07 Å². The molecular formula is C13H15N5S. The van der Waals surface area contributed by atoms with E-state index >= 15 is 0 Å². The molecule has 0 amide bonds. The van der Waals surface area contributed by atoms with Crippen LogP contribution in [0.1, 0.15) is 17.5 Å². The Morgan fingerprint density at radius 1 is 1.47 bits per heavy atom. The number of hydrogen-bond donors (Lipinski definition) is 1. The van der Waals surface area contributed by atoms with Crippen LogP contribution in [0.2, 0.25) is 0 Å². The topological polar surface area (TPSA) is 49.2 Å². The predicted octanol–water partition coefficient (Wildman–Crippen LogP) is 2.21. The van der Waals surface area contributed by atoms with Crippen LogP contribution in [0.15, 0.2) is 29.6 Å². The molecule has 3 rings (SSSR count). The maximum atomic E-state index is 5.04. The van der Waals surface area contributed by atoms with Gasteiger partial charge in [0.15, 0.2) is 0 Å². The van der Waals surface area contributed by atoms with Crippen molar-refractivity contribution in [1.82, 2.24) is 14.9 Å². The first-order chi connectivity index (χ1) is 9.24. The summed E-state index contributed by atoms with van der Waals surface area (Å²) in [6.07, 6.45) is 5.70. The van der Waals surface area contributed by atoms with Crippen molar-refractivity contribution < 1.29 is 0 Å². The Morgan fingerprint density at radius 3 is 3.16 bits per heavy atom. The van der Waals surface area contributed by atoms with Crippen molar-refractivity contribution >= 4 is 24.1 Å². The van der Waals surface area contributed by atoms with E-state index in [4.69, 9.17) is 12.2 Å². The quantitative estimate of drug-likeness (QED) is 0.674. The van der Waals surface area contributed by atoms with Crippen LogP contribution in [0.25, 0.3) is 0 Å². The van der Waals surface area contributed by atoms with E-state index < -0.39 is 0 Å². The van der Waals surface area contributed by atoms with E-state index in [1.54, 1.807) is 17.2 Å². The Balaban J connectivity index is 1.89. The van der Waals surface area contributed by atoms with Gasteiger partial charge in [0.2, 0.25) is 4.77 Å². The molecule has 0 bridgehead atoms. The second kappa shape index (κ2) is 4.97. The number of fused-ring (bicyclic) bond motifs is 1. The summed E-state index contributed by atoms with van der Waals surface area (Å²) in [5, 5.41) is 10.8. The van der Waals surface area contributed by atoms with Crippen molar-refractivity contribution in [3.8, 4) is 0 Å².